The van der Waals surface area contributed by atoms with E-state index in [1.54, 1.807) is 32.9 Å². The average Bonchev–Trinajstić information content (AvgIpc) is 3.29. The molecule has 4 amide bonds. The molecule has 0 heterocycles. The number of aromatic hydroxyl groups is 1. The van der Waals surface area contributed by atoms with E-state index in [1.807, 2.05) is 19.9 Å². The minimum Gasteiger partial charge on any atom is -0.508 e. The van der Waals surface area contributed by atoms with Crippen molar-refractivity contribution in [2.75, 3.05) is 23.0 Å². The Balaban J connectivity index is 2.69. The van der Waals surface area contributed by atoms with Crippen molar-refractivity contribution >= 4 is 65.2 Å². The van der Waals surface area contributed by atoms with E-state index >= 15 is 0 Å². The Morgan fingerprint density at radius 1 is 0.541 bits per heavy atom. The molecule has 1 rings (SSSR count). The Morgan fingerprint density at radius 2 is 0.959 bits per heavy atom. The smallest absolute Gasteiger partial charge is 0.408 e. The van der Waals surface area contributed by atoms with Crippen LogP contribution in [0, 0.1) is 0 Å². The monoisotopic (exact) mass is 1070 g/mol. The van der Waals surface area contributed by atoms with Crippen LogP contribution in [-0.2, 0) is 39.9 Å². The van der Waals surface area contributed by atoms with Gasteiger partial charge in [-0.3, -0.25) is 19.2 Å². The summed E-state index contributed by atoms with van der Waals surface area (Å²) in [7, 11) is 0. The van der Waals surface area contributed by atoms with Crippen LogP contribution in [0.5, 0.6) is 5.75 Å². The zero-order valence-corrected chi connectivity index (χ0v) is 46.9. The van der Waals surface area contributed by atoms with Crippen molar-refractivity contribution in [2.45, 2.75) is 176 Å². The van der Waals surface area contributed by atoms with Gasteiger partial charge in [-0.25, -0.2) is 14.4 Å². The zero-order chi connectivity index (χ0) is 55.8. The lowest BCUT2D eigenvalue weighted by molar-refractivity contribution is -0.142. The molecule has 74 heavy (non-hydrogen) atoms. The van der Waals surface area contributed by atoms with Gasteiger partial charge >= 0.3 is 24.0 Å². The summed E-state index contributed by atoms with van der Waals surface area (Å²) in [4.78, 5) is 87.3. The third-order valence-corrected chi connectivity index (χ3v) is 13.2. The molecule has 1 aromatic carbocycles. The fourth-order valence-corrected chi connectivity index (χ4v) is 8.89. The molecule has 1 aromatic rings. The summed E-state index contributed by atoms with van der Waals surface area (Å²) in [5, 5.41) is 48.7. The molecule has 0 bridgehead atoms. The second kappa shape index (κ2) is 36.2. The molecule has 0 saturated heterocycles. The van der Waals surface area contributed by atoms with Gasteiger partial charge in [0.05, 0.1) is 6.42 Å². The molecular weight excluding hydrogens is 985 g/mol. The molecule has 0 spiro atoms. The lowest BCUT2D eigenvalue weighted by Gasteiger charge is -2.23. The van der Waals surface area contributed by atoms with E-state index in [-0.39, 0.29) is 36.0 Å². The zero-order valence-electron chi connectivity index (χ0n) is 45.3. The SMILES string of the molecule is CC(C)=CCCC(C)=CCCC(C)=CCSCC(NC(=O)C(Cc1ccc(O)cc1)NC(=O)CCC(C)=CCCC(C)=CCCC(C)=CCSCC(NC(=O)C(CC(=O)O)NC(=O)OC(C)(C)C)C(=O)O)C(=O)O. The van der Waals surface area contributed by atoms with E-state index in [0.29, 0.717) is 23.5 Å². The summed E-state index contributed by atoms with van der Waals surface area (Å²) in [5.74, 6) is -4.43. The first-order chi connectivity index (χ1) is 34.7. The van der Waals surface area contributed by atoms with Crippen molar-refractivity contribution in [2.24, 2.45) is 0 Å². The number of carbonyl (C=O) groups excluding carboxylic acids is 4. The van der Waals surface area contributed by atoms with Crippen molar-refractivity contribution in [1.29, 1.82) is 0 Å². The van der Waals surface area contributed by atoms with Crippen LogP contribution in [0.4, 0.5) is 4.79 Å². The van der Waals surface area contributed by atoms with Crippen LogP contribution in [0.15, 0.2) is 94.2 Å². The molecule has 18 heteroatoms. The van der Waals surface area contributed by atoms with E-state index in [9.17, 15) is 54.0 Å². The van der Waals surface area contributed by atoms with Crippen LogP contribution in [0.2, 0.25) is 0 Å². The third kappa shape index (κ3) is 33.1. The highest BCUT2D eigenvalue weighted by Gasteiger charge is 2.30. The number of rotatable bonds is 35. The quantitative estimate of drug-likeness (QED) is 0.0233. The van der Waals surface area contributed by atoms with Gasteiger partial charge in [0.2, 0.25) is 17.7 Å². The number of ether oxygens (including phenoxy) is 1. The van der Waals surface area contributed by atoms with E-state index < -0.39 is 72.0 Å². The molecule has 412 valence electrons. The van der Waals surface area contributed by atoms with Gasteiger partial charge in [-0.15, -0.1) is 0 Å². The van der Waals surface area contributed by atoms with Gasteiger partial charge < -0.3 is 46.4 Å². The van der Waals surface area contributed by atoms with Crippen LogP contribution in [0.25, 0.3) is 0 Å². The maximum atomic E-state index is 13.6. The number of benzene rings is 1. The average molecular weight is 1070 g/mol. The molecule has 0 aliphatic carbocycles. The number of phenolic OH excluding ortho intramolecular Hbond substituents is 1. The third-order valence-electron chi connectivity index (χ3n) is 11.2. The predicted molar refractivity (Wildman–Crippen MR) is 297 cm³/mol. The number of amides is 4. The first-order valence-corrected chi connectivity index (χ1v) is 27.5. The topological polar surface area (TPSA) is 258 Å². The fourth-order valence-electron chi connectivity index (χ4n) is 6.89. The number of alkyl carbamates (subject to hydrolysis) is 1. The second-order valence-corrected chi connectivity index (χ2v) is 22.0. The maximum absolute atomic E-state index is 13.6. The molecule has 4 atom stereocenters. The standard InChI is InChI=1S/C56H84N4O12S2/c1-37(2)15-11-16-38(3)18-13-21-41(6)29-31-73-35-47(53(67)68)58-51(65)45(33-43-24-26-44(61)27-25-43)57-49(62)28-23-40(5)20-12-17-39(4)19-14-22-42(7)30-32-74-36-48(54(69)70)59-52(66)46(34-50(63)64)60-55(71)72-56(8,9)10/h15,18-20,24-27,29-30,45-48,61H,11-14,16-17,21-23,28,31-36H2,1-10H3,(H,57,62)(H,58,65)(H,59,66)(H,60,71)(H,63,64)(H,67,68)(H,69,70). The number of carbonyl (C=O) groups is 7. The summed E-state index contributed by atoms with van der Waals surface area (Å²) in [6.45, 7) is 19.2. The van der Waals surface area contributed by atoms with Gasteiger partial charge in [0.1, 0.15) is 35.5 Å². The van der Waals surface area contributed by atoms with E-state index in [1.165, 1.54) is 57.9 Å². The number of allylic oxidation sites excluding steroid dienone is 10. The molecule has 0 aliphatic heterocycles. The highest BCUT2D eigenvalue weighted by atomic mass is 32.2. The Morgan fingerprint density at radius 3 is 1.38 bits per heavy atom. The molecule has 8 N–H and O–H groups in total. The van der Waals surface area contributed by atoms with Gasteiger partial charge in [-0.05, 0) is 145 Å². The lowest BCUT2D eigenvalue weighted by atomic mass is 10.0. The summed E-state index contributed by atoms with van der Waals surface area (Å²) in [6.07, 6.45) is 18.9. The number of hydrogen-bond acceptors (Lipinski definition) is 11. The van der Waals surface area contributed by atoms with Crippen molar-refractivity contribution in [3.05, 3.63) is 99.7 Å². The summed E-state index contributed by atoms with van der Waals surface area (Å²) in [6, 6.07) is 1.23. The van der Waals surface area contributed by atoms with Crippen molar-refractivity contribution < 1.29 is 58.7 Å². The fraction of sp³-hybridized carbons (Fsp3) is 0.554. The number of phenols is 1. The van der Waals surface area contributed by atoms with E-state index in [0.717, 1.165) is 62.5 Å². The summed E-state index contributed by atoms with van der Waals surface area (Å²) >= 11 is 2.70. The Kier molecular flexibility index (Phi) is 32.5. The molecule has 0 aliphatic rings. The van der Waals surface area contributed by atoms with Crippen LogP contribution < -0.4 is 21.3 Å². The summed E-state index contributed by atoms with van der Waals surface area (Å²) in [5.41, 5.74) is 7.00. The second-order valence-electron chi connectivity index (χ2n) is 19.8. The minimum absolute atomic E-state index is 0.0102. The van der Waals surface area contributed by atoms with Gasteiger partial charge in [0.15, 0.2) is 0 Å². The first kappa shape index (κ1) is 66.3. The van der Waals surface area contributed by atoms with Crippen LogP contribution in [-0.4, -0.2) is 115 Å². The number of carboxylic acids is 3. The Bertz CT molecular complexity index is 2190. The van der Waals surface area contributed by atoms with Gasteiger partial charge in [0, 0.05) is 35.9 Å². The normalized spacial score (nSPS) is 14.2. The predicted octanol–water partition coefficient (Wildman–Crippen LogP) is 9.99. The lowest BCUT2D eigenvalue weighted by Crippen LogP contribution is -2.53. The Labute approximate surface area is 447 Å². The van der Waals surface area contributed by atoms with Crippen LogP contribution >= 0.6 is 23.5 Å². The number of aliphatic carboxylic acids is 3. The summed E-state index contributed by atoms with van der Waals surface area (Å²) < 4.78 is 5.11. The molecule has 0 saturated carbocycles. The van der Waals surface area contributed by atoms with Gasteiger partial charge in [-0.2, -0.15) is 23.5 Å². The molecule has 4 unspecified atom stereocenters. The number of carboxylic acid groups (broad SMARTS) is 3. The van der Waals surface area contributed by atoms with Crippen molar-refractivity contribution in [1.82, 2.24) is 21.3 Å². The highest BCUT2D eigenvalue weighted by Crippen LogP contribution is 2.18. The van der Waals surface area contributed by atoms with E-state index in [4.69, 9.17) is 4.74 Å². The molecule has 16 nitrogen and oxygen atoms in total. The highest BCUT2D eigenvalue weighted by molar-refractivity contribution is 7.99. The molecular formula is C56H84N4O12S2. The van der Waals surface area contributed by atoms with Crippen LogP contribution in [0.1, 0.15) is 145 Å². The number of thioether (sulfide) groups is 2. The first-order valence-electron chi connectivity index (χ1n) is 25.2. The molecule has 0 radical (unpaired) electrons. The van der Waals surface area contributed by atoms with E-state index in [2.05, 4.69) is 86.3 Å². The van der Waals surface area contributed by atoms with Crippen LogP contribution in [0.3, 0.4) is 0 Å². The van der Waals surface area contributed by atoms with Gasteiger partial charge in [0.25, 0.3) is 0 Å². The molecule has 0 fully saturated rings. The van der Waals surface area contributed by atoms with Crippen molar-refractivity contribution in [3.8, 4) is 5.75 Å². The maximum Gasteiger partial charge on any atom is 0.408 e. The van der Waals surface area contributed by atoms with Crippen molar-refractivity contribution in [3.63, 3.8) is 0 Å². The minimum atomic E-state index is -1.53. The van der Waals surface area contributed by atoms with Gasteiger partial charge in [-0.1, -0.05) is 82.0 Å². The Hall–Kier alpha value is -5.75. The largest absolute Gasteiger partial charge is 0.508 e. The number of nitrogens with one attached hydrogen (secondary N) is 4. The number of hydrogen-bond donors (Lipinski definition) is 8. The molecule has 0 aromatic heterocycles.